The number of β-amino-alcohol motifs (C(OH)–C–C–N with tert-alkyl or cyclic N) is 2. The summed E-state index contributed by atoms with van der Waals surface area (Å²) in [7, 11) is 0. The molecule has 1 aliphatic heterocycles. The minimum atomic E-state index is -1.08. The molecule has 2 unspecified atom stereocenters. The van der Waals surface area contributed by atoms with E-state index in [0.717, 1.165) is 23.1 Å². The van der Waals surface area contributed by atoms with Crippen LogP contribution in [-0.2, 0) is 0 Å². The Morgan fingerprint density at radius 1 is 1.18 bits per heavy atom. The van der Waals surface area contributed by atoms with E-state index in [1.54, 1.807) is 0 Å². The number of carbonyl (C=O) groups excluding carboxylic acids is 1. The summed E-state index contributed by atoms with van der Waals surface area (Å²) in [6.45, 7) is -0.262. The van der Waals surface area contributed by atoms with Crippen molar-refractivity contribution in [1.82, 2.24) is 4.90 Å². The largest absolute Gasteiger partial charge is 0.388 e. The molecule has 1 saturated heterocycles. The number of carbonyl (C=O) groups is 1. The maximum Gasteiger partial charge on any atom is 0.260 e. The molecule has 0 aromatic heterocycles. The smallest absolute Gasteiger partial charge is 0.260 e. The van der Waals surface area contributed by atoms with Gasteiger partial charge in [-0.25, -0.2) is 8.78 Å². The number of hydrogen-bond donors (Lipinski definition) is 2. The highest BCUT2D eigenvalue weighted by Gasteiger charge is 2.34. The number of benzene rings is 1. The average Bonchev–Trinajstić information content (AvgIpc) is 2.59. The van der Waals surface area contributed by atoms with Crippen molar-refractivity contribution in [2.24, 2.45) is 0 Å². The van der Waals surface area contributed by atoms with Gasteiger partial charge in [0.15, 0.2) is 0 Å². The Labute approximate surface area is 96.1 Å². The molecule has 1 fully saturated rings. The molecule has 17 heavy (non-hydrogen) atoms. The number of hydrogen-bond acceptors (Lipinski definition) is 3. The molecule has 0 bridgehead atoms. The highest BCUT2D eigenvalue weighted by atomic mass is 19.1. The average molecular weight is 243 g/mol. The van der Waals surface area contributed by atoms with Crippen LogP contribution in [0.1, 0.15) is 10.4 Å². The monoisotopic (exact) mass is 243 g/mol. The molecule has 1 amide bonds. The predicted octanol–water partition coefficient (Wildman–Crippen LogP) is 0.142. The molecule has 1 aliphatic rings. The summed E-state index contributed by atoms with van der Waals surface area (Å²) >= 11 is 0. The van der Waals surface area contributed by atoms with Crippen LogP contribution in [0.25, 0.3) is 0 Å². The van der Waals surface area contributed by atoms with Gasteiger partial charge in [0.25, 0.3) is 5.91 Å². The Balaban J connectivity index is 2.27. The van der Waals surface area contributed by atoms with E-state index in [1.165, 1.54) is 0 Å². The van der Waals surface area contributed by atoms with Crippen LogP contribution in [0.3, 0.4) is 0 Å². The zero-order valence-corrected chi connectivity index (χ0v) is 8.81. The molecule has 1 aromatic rings. The molecule has 1 aromatic carbocycles. The molecule has 1 heterocycles. The lowest BCUT2D eigenvalue weighted by Crippen LogP contribution is -2.31. The lowest BCUT2D eigenvalue weighted by atomic mass is 10.1. The van der Waals surface area contributed by atoms with Crippen LogP contribution in [0, 0.1) is 11.6 Å². The summed E-state index contributed by atoms with van der Waals surface area (Å²) in [6, 6.07) is 3.13. The first kappa shape index (κ1) is 11.9. The molecule has 2 atom stereocenters. The number of aliphatic hydroxyl groups excluding tert-OH is 2. The molecule has 0 radical (unpaired) electrons. The zero-order valence-electron chi connectivity index (χ0n) is 8.81. The fourth-order valence-electron chi connectivity index (χ4n) is 1.80. The summed E-state index contributed by atoms with van der Waals surface area (Å²) < 4.78 is 26.7. The van der Waals surface area contributed by atoms with E-state index in [4.69, 9.17) is 0 Å². The molecule has 2 rings (SSSR count). The van der Waals surface area contributed by atoms with Crippen molar-refractivity contribution in [2.45, 2.75) is 12.2 Å². The van der Waals surface area contributed by atoms with E-state index < -0.39 is 35.3 Å². The van der Waals surface area contributed by atoms with E-state index in [0.29, 0.717) is 0 Å². The third kappa shape index (κ3) is 2.13. The number of nitrogens with zero attached hydrogens (tertiary/aromatic N) is 1. The molecule has 6 heteroatoms. The second kappa shape index (κ2) is 4.38. The number of rotatable bonds is 1. The molecule has 4 nitrogen and oxygen atoms in total. The molecular weight excluding hydrogens is 232 g/mol. The molecular formula is C11H11F2NO3. The minimum Gasteiger partial charge on any atom is -0.388 e. The van der Waals surface area contributed by atoms with Crippen LogP contribution >= 0.6 is 0 Å². The summed E-state index contributed by atoms with van der Waals surface area (Å²) in [5, 5.41) is 18.5. The van der Waals surface area contributed by atoms with Crippen molar-refractivity contribution >= 4 is 5.91 Å². The lowest BCUT2D eigenvalue weighted by molar-refractivity contribution is 0.0572. The zero-order chi connectivity index (χ0) is 12.6. The Morgan fingerprint density at radius 2 is 1.65 bits per heavy atom. The van der Waals surface area contributed by atoms with Crippen LogP contribution in [0.15, 0.2) is 18.2 Å². The van der Waals surface area contributed by atoms with Gasteiger partial charge in [0, 0.05) is 13.1 Å². The fourth-order valence-corrected chi connectivity index (χ4v) is 1.80. The Hall–Kier alpha value is -1.53. The normalized spacial score (nSPS) is 24.1. The first-order valence-electron chi connectivity index (χ1n) is 5.10. The Bertz CT molecular complexity index is 422. The van der Waals surface area contributed by atoms with Crippen molar-refractivity contribution in [3.63, 3.8) is 0 Å². The second-order valence-corrected chi connectivity index (χ2v) is 3.94. The first-order chi connectivity index (χ1) is 8.00. The molecule has 2 N–H and O–H groups in total. The number of amides is 1. The van der Waals surface area contributed by atoms with Gasteiger partial charge >= 0.3 is 0 Å². The SMILES string of the molecule is O=C(c1c(F)cccc1F)N1CC(O)C(O)C1. The summed E-state index contributed by atoms with van der Waals surface area (Å²) in [5.74, 6) is -2.77. The topological polar surface area (TPSA) is 60.8 Å². The third-order valence-corrected chi connectivity index (χ3v) is 2.72. The number of aliphatic hydroxyl groups is 2. The molecule has 0 saturated carbocycles. The van der Waals surface area contributed by atoms with Gasteiger partial charge in [-0.2, -0.15) is 0 Å². The van der Waals surface area contributed by atoms with Gasteiger partial charge in [0.05, 0.1) is 12.2 Å². The maximum atomic E-state index is 13.3. The molecule has 0 aliphatic carbocycles. The maximum absolute atomic E-state index is 13.3. The second-order valence-electron chi connectivity index (χ2n) is 3.94. The van der Waals surface area contributed by atoms with Crippen molar-refractivity contribution in [3.8, 4) is 0 Å². The van der Waals surface area contributed by atoms with E-state index in [1.807, 2.05) is 0 Å². The summed E-state index contributed by atoms with van der Waals surface area (Å²) in [6.07, 6.45) is -2.15. The van der Waals surface area contributed by atoms with E-state index in [2.05, 4.69) is 0 Å². The quantitative estimate of drug-likeness (QED) is 0.737. The van der Waals surface area contributed by atoms with Gasteiger partial charge in [-0.1, -0.05) is 6.07 Å². The Kier molecular flexibility index (Phi) is 3.08. The van der Waals surface area contributed by atoms with Crippen molar-refractivity contribution in [1.29, 1.82) is 0 Å². The highest BCUT2D eigenvalue weighted by molar-refractivity contribution is 5.95. The van der Waals surface area contributed by atoms with Crippen molar-refractivity contribution < 1.29 is 23.8 Å². The predicted molar refractivity (Wildman–Crippen MR) is 54.3 cm³/mol. The third-order valence-electron chi connectivity index (χ3n) is 2.72. The molecule has 92 valence electrons. The highest BCUT2D eigenvalue weighted by Crippen LogP contribution is 2.18. The van der Waals surface area contributed by atoms with Gasteiger partial charge < -0.3 is 15.1 Å². The summed E-state index contributed by atoms with van der Waals surface area (Å²) in [4.78, 5) is 12.8. The van der Waals surface area contributed by atoms with Crippen LogP contribution in [0.2, 0.25) is 0 Å². The van der Waals surface area contributed by atoms with Crippen LogP contribution in [0.5, 0.6) is 0 Å². The van der Waals surface area contributed by atoms with Gasteiger partial charge in [0.2, 0.25) is 0 Å². The van der Waals surface area contributed by atoms with Gasteiger partial charge in [-0.3, -0.25) is 4.79 Å². The van der Waals surface area contributed by atoms with Crippen LogP contribution in [-0.4, -0.2) is 46.3 Å². The van der Waals surface area contributed by atoms with Crippen LogP contribution < -0.4 is 0 Å². The van der Waals surface area contributed by atoms with E-state index >= 15 is 0 Å². The van der Waals surface area contributed by atoms with E-state index in [9.17, 15) is 23.8 Å². The molecule has 0 spiro atoms. The standard InChI is InChI=1S/C11H11F2NO3/c12-6-2-1-3-7(13)10(6)11(17)14-4-8(15)9(16)5-14/h1-3,8-9,15-16H,4-5H2. The van der Waals surface area contributed by atoms with Crippen molar-refractivity contribution in [2.75, 3.05) is 13.1 Å². The van der Waals surface area contributed by atoms with Gasteiger partial charge in [-0.05, 0) is 12.1 Å². The first-order valence-corrected chi connectivity index (χ1v) is 5.10. The minimum absolute atomic E-state index is 0.131. The van der Waals surface area contributed by atoms with Crippen molar-refractivity contribution in [3.05, 3.63) is 35.4 Å². The lowest BCUT2D eigenvalue weighted by Gasteiger charge is -2.16. The van der Waals surface area contributed by atoms with Gasteiger partial charge in [-0.15, -0.1) is 0 Å². The van der Waals surface area contributed by atoms with Gasteiger partial charge in [0.1, 0.15) is 17.2 Å². The van der Waals surface area contributed by atoms with Crippen LogP contribution in [0.4, 0.5) is 8.78 Å². The Morgan fingerprint density at radius 3 is 2.12 bits per heavy atom. The van der Waals surface area contributed by atoms with E-state index in [-0.39, 0.29) is 13.1 Å². The number of halogens is 2. The summed E-state index contributed by atoms with van der Waals surface area (Å²) in [5.41, 5.74) is -0.659. The fraction of sp³-hybridized carbons (Fsp3) is 0.364. The number of likely N-dealkylation sites (tertiary alicyclic amines) is 1.